The molecular weight excluding hydrogens is 304 g/mol. The number of likely N-dealkylation sites (tertiary alicyclic amines) is 1. The number of hydrogen-bond acceptors (Lipinski definition) is 4. The van der Waals surface area contributed by atoms with Crippen molar-refractivity contribution in [3.63, 3.8) is 0 Å². The molecule has 0 N–H and O–H groups in total. The number of aryl methyl sites for hydroxylation is 2. The van der Waals surface area contributed by atoms with Crippen LogP contribution in [-0.2, 0) is 6.42 Å². The standard InChI is InChI=1S/C16H17F2N3O2/c1-10-19-15(20-23-10)7-5-12-3-2-8-21(12)16(22)13-9-11(17)4-6-14(13)18/h4,6,9,12H,2-3,5,7-8H2,1H3. The molecule has 3 rings (SSSR count). The largest absolute Gasteiger partial charge is 0.340 e. The first-order chi connectivity index (χ1) is 11.0. The van der Waals surface area contributed by atoms with Gasteiger partial charge in [0.15, 0.2) is 5.82 Å². The van der Waals surface area contributed by atoms with Gasteiger partial charge in [-0.1, -0.05) is 5.16 Å². The summed E-state index contributed by atoms with van der Waals surface area (Å²) in [4.78, 5) is 18.3. The first-order valence-corrected chi connectivity index (χ1v) is 7.60. The molecule has 0 saturated carbocycles. The highest BCUT2D eigenvalue weighted by Gasteiger charge is 2.31. The average molecular weight is 321 g/mol. The second-order valence-corrected chi connectivity index (χ2v) is 5.69. The number of aromatic nitrogens is 2. The molecule has 1 aliphatic rings. The molecule has 2 aromatic rings. The van der Waals surface area contributed by atoms with E-state index >= 15 is 0 Å². The van der Waals surface area contributed by atoms with Crippen molar-refractivity contribution >= 4 is 5.91 Å². The molecule has 0 aliphatic carbocycles. The Morgan fingerprint density at radius 3 is 3.00 bits per heavy atom. The van der Waals surface area contributed by atoms with E-state index in [9.17, 15) is 13.6 Å². The Hall–Kier alpha value is -2.31. The van der Waals surface area contributed by atoms with Gasteiger partial charge in [-0.15, -0.1) is 0 Å². The molecule has 1 aliphatic heterocycles. The monoisotopic (exact) mass is 321 g/mol. The van der Waals surface area contributed by atoms with E-state index in [1.807, 2.05) is 0 Å². The Labute approximate surface area is 132 Å². The van der Waals surface area contributed by atoms with E-state index in [2.05, 4.69) is 10.1 Å². The van der Waals surface area contributed by atoms with Crippen LogP contribution in [0.1, 0.15) is 41.3 Å². The fourth-order valence-electron chi connectivity index (χ4n) is 2.96. The molecule has 0 spiro atoms. The fourth-order valence-corrected chi connectivity index (χ4v) is 2.96. The van der Waals surface area contributed by atoms with Crippen molar-refractivity contribution in [1.82, 2.24) is 15.0 Å². The third-order valence-electron chi connectivity index (χ3n) is 4.07. The molecular formula is C16H17F2N3O2. The summed E-state index contributed by atoms with van der Waals surface area (Å²) in [7, 11) is 0. The van der Waals surface area contributed by atoms with Crippen LogP contribution >= 0.6 is 0 Å². The maximum atomic E-state index is 13.8. The minimum Gasteiger partial charge on any atom is -0.340 e. The van der Waals surface area contributed by atoms with Gasteiger partial charge in [0.1, 0.15) is 11.6 Å². The third kappa shape index (κ3) is 3.38. The van der Waals surface area contributed by atoms with E-state index < -0.39 is 17.5 Å². The number of benzene rings is 1. The van der Waals surface area contributed by atoms with Crippen LogP contribution in [0.4, 0.5) is 8.78 Å². The second-order valence-electron chi connectivity index (χ2n) is 5.69. The van der Waals surface area contributed by atoms with Crippen LogP contribution in [-0.4, -0.2) is 33.5 Å². The SMILES string of the molecule is Cc1nc(CCC2CCCN2C(=O)c2cc(F)ccc2F)no1. The van der Waals surface area contributed by atoms with E-state index in [0.717, 1.165) is 31.0 Å². The number of halogens is 2. The average Bonchev–Trinajstić information content (AvgIpc) is 3.15. The molecule has 1 atom stereocenters. The molecule has 2 heterocycles. The van der Waals surface area contributed by atoms with E-state index in [1.54, 1.807) is 11.8 Å². The second kappa shape index (κ2) is 6.44. The van der Waals surface area contributed by atoms with Gasteiger partial charge in [0, 0.05) is 25.9 Å². The van der Waals surface area contributed by atoms with Crippen molar-refractivity contribution in [2.24, 2.45) is 0 Å². The Kier molecular flexibility index (Phi) is 4.36. The molecule has 7 heteroatoms. The summed E-state index contributed by atoms with van der Waals surface area (Å²) in [5, 5.41) is 3.83. The van der Waals surface area contributed by atoms with Crippen LogP contribution in [0.3, 0.4) is 0 Å². The van der Waals surface area contributed by atoms with Gasteiger partial charge < -0.3 is 9.42 Å². The number of nitrogens with zero attached hydrogens (tertiary/aromatic N) is 3. The van der Waals surface area contributed by atoms with Gasteiger partial charge in [-0.05, 0) is 37.5 Å². The number of rotatable bonds is 4. The summed E-state index contributed by atoms with van der Waals surface area (Å²) < 4.78 is 32.0. The van der Waals surface area contributed by atoms with Crippen LogP contribution in [0.2, 0.25) is 0 Å². The van der Waals surface area contributed by atoms with Crippen molar-refractivity contribution in [2.45, 2.75) is 38.6 Å². The molecule has 0 bridgehead atoms. The predicted octanol–water partition coefficient (Wildman–Crippen LogP) is 2.89. The lowest BCUT2D eigenvalue weighted by Gasteiger charge is -2.24. The van der Waals surface area contributed by atoms with Crippen molar-refractivity contribution < 1.29 is 18.1 Å². The van der Waals surface area contributed by atoms with Gasteiger partial charge in [0.2, 0.25) is 5.89 Å². The summed E-state index contributed by atoms with van der Waals surface area (Å²) in [5.74, 6) is -0.683. The maximum Gasteiger partial charge on any atom is 0.257 e. The highest BCUT2D eigenvalue weighted by Crippen LogP contribution is 2.24. The molecule has 1 amide bonds. The smallest absolute Gasteiger partial charge is 0.257 e. The summed E-state index contributed by atoms with van der Waals surface area (Å²) >= 11 is 0. The Morgan fingerprint density at radius 1 is 1.43 bits per heavy atom. The Balaban J connectivity index is 1.70. The Morgan fingerprint density at radius 2 is 2.26 bits per heavy atom. The first-order valence-electron chi connectivity index (χ1n) is 7.60. The zero-order chi connectivity index (χ0) is 16.4. The molecule has 1 fully saturated rings. The van der Waals surface area contributed by atoms with Crippen LogP contribution in [0, 0.1) is 18.6 Å². The molecule has 1 unspecified atom stereocenters. The van der Waals surface area contributed by atoms with Crippen LogP contribution < -0.4 is 0 Å². The van der Waals surface area contributed by atoms with Crippen LogP contribution in [0.25, 0.3) is 0 Å². The zero-order valence-electron chi connectivity index (χ0n) is 12.8. The number of hydrogen-bond donors (Lipinski definition) is 0. The van der Waals surface area contributed by atoms with Crippen molar-refractivity contribution in [2.75, 3.05) is 6.54 Å². The van der Waals surface area contributed by atoms with Gasteiger partial charge in [-0.25, -0.2) is 8.78 Å². The Bertz CT molecular complexity index is 717. The normalized spacial score (nSPS) is 17.7. The van der Waals surface area contributed by atoms with Crippen molar-refractivity contribution in [3.05, 3.63) is 47.1 Å². The van der Waals surface area contributed by atoms with E-state index in [-0.39, 0.29) is 11.6 Å². The molecule has 0 radical (unpaired) electrons. The molecule has 1 saturated heterocycles. The molecule has 1 aromatic heterocycles. The van der Waals surface area contributed by atoms with Gasteiger partial charge in [-0.2, -0.15) is 4.98 Å². The number of carbonyl (C=O) groups is 1. The van der Waals surface area contributed by atoms with Gasteiger partial charge in [-0.3, -0.25) is 4.79 Å². The minimum absolute atomic E-state index is 0.0241. The predicted molar refractivity (Wildman–Crippen MR) is 77.8 cm³/mol. The molecule has 1 aromatic carbocycles. The van der Waals surface area contributed by atoms with Gasteiger partial charge >= 0.3 is 0 Å². The van der Waals surface area contributed by atoms with Crippen LogP contribution in [0.5, 0.6) is 0 Å². The van der Waals surface area contributed by atoms with Crippen molar-refractivity contribution in [1.29, 1.82) is 0 Å². The summed E-state index contributed by atoms with van der Waals surface area (Å²) in [6.45, 7) is 2.26. The first kappa shape index (κ1) is 15.6. The topological polar surface area (TPSA) is 59.2 Å². The van der Waals surface area contributed by atoms with E-state index in [0.29, 0.717) is 31.1 Å². The van der Waals surface area contributed by atoms with E-state index in [1.165, 1.54) is 0 Å². The lowest BCUT2D eigenvalue weighted by Crippen LogP contribution is -2.36. The summed E-state index contributed by atoms with van der Waals surface area (Å²) in [6, 6.07) is 2.92. The molecule has 23 heavy (non-hydrogen) atoms. The minimum atomic E-state index is -0.698. The highest BCUT2D eigenvalue weighted by atomic mass is 19.1. The molecule has 122 valence electrons. The lowest BCUT2D eigenvalue weighted by molar-refractivity contribution is 0.0725. The maximum absolute atomic E-state index is 13.8. The summed E-state index contributed by atoms with van der Waals surface area (Å²) in [6.07, 6.45) is 2.93. The highest BCUT2D eigenvalue weighted by molar-refractivity contribution is 5.94. The van der Waals surface area contributed by atoms with Crippen molar-refractivity contribution in [3.8, 4) is 0 Å². The number of amides is 1. The summed E-state index contributed by atoms with van der Waals surface area (Å²) in [5.41, 5.74) is -0.215. The number of carbonyl (C=O) groups excluding carboxylic acids is 1. The van der Waals surface area contributed by atoms with Crippen LogP contribution in [0.15, 0.2) is 22.7 Å². The van der Waals surface area contributed by atoms with Gasteiger partial charge in [0.05, 0.1) is 5.56 Å². The molecule has 5 nitrogen and oxygen atoms in total. The third-order valence-corrected chi connectivity index (χ3v) is 4.07. The van der Waals surface area contributed by atoms with E-state index in [4.69, 9.17) is 4.52 Å². The zero-order valence-corrected chi connectivity index (χ0v) is 12.8. The fraction of sp³-hybridized carbons (Fsp3) is 0.438. The quantitative estimate of drug-likeness (QED) is 0.869. The lowest BCUT2D eigenvalue weighted by atomic mass is 10.1. The van der Waals surface area contributed by atoms with Gasteiger partial charge in [0.25, 0.3) is 5.91 Å².